The highest BCUT2D eigenvalue weighted by Crippen LogP contribution is 2.31. The molecular formula is C14H15F3N2O4. The fourth-order valence-electron chi connectivity index (χ4n) is 2.10. The molecule has 1 aliphatic heterocycles. The van der Waals surface area contributed by atoms with E-state index in [1.165, 1.54) is 25.3 Å². The van der Waals surface area contributed by atoms with E-state index < -0.39 is 30.6 Å². The number of carbonyl (C=O) groups excluding carboxylic acids is 2. The number of amides is 2. The van der Waals surface area contributed by atoms with Crippen LogP contribution in [0.25, 0.3) is 0 Å². The number of benzene rings is 1. The van der Waals surface area contributed by atoms with Crippen LogP contribution in [-0.4, -0.2) is 49.4 Å². The van der Waals surface area contributed by atoms with Crippen molar-refractivity contribution >= 4 is 17.7 Å². The minimum absolute atomic E-state index is 0.0127. The molecule has 1 aliphatic rings. The Morgan fingerprint density at radius 2 is 2.13 bits per heavy atom. The standard InChI is InChI=1S/C14H15F3N2O4/c1-22-10-5-3-2-4-9(10)18-11(14(15,16)17)8-12(20)19-6-7-23-13(19)21/h2-5,11,18H,6-8H2,1H3/t11-/m0/s1. The predicted octanol–water partition coefficient (Wildman–Crippen LogP) is 2.41. The normalized spacial score (nSPS) is 16.0. The smallest absolute Gasteiger partial charge is 0.416 e. The third kappa shape index (κ3) is 4.05. The van der Waals surface area contributed by atoms with Gasteiger partial charge in [0.2, 0.25) is 5.91 Å². The molecule has 23 heavy (non-hydrogen) atoms. The number of nitrogens with zero attached hydrogens (tertiary/aromatic N) is 1. The van der Waals surface area contributed by atoms with Gasteiger partial charge < -0.3 is 14.8 Å². The molecule has 126 valence electrons. The molecule has 1 atom stereocenters. The number of ether oxygens (including phenoxy) is 2. The van der Waals surface area contributed by atoms with Crippen molar-refractivity contribution in [3.05, 3.63) is 24.3 Å². The molecule has 1 N–H and O–H groups in total. The molecule has 6 nitrogen and oxygen atoms in total. The van der Waals surface area contributed by atoms with Crippen LogP contribution in [0.5, 0.6) is 5.75 Å². The van der Waals surface area contributed by atoms with E-state index in [1.54, 1.807) is 6.07 Å². The Morgan fingerprint density at radius 3 is 2.70 bits per heavy atom. The molecule has 1 aromatic rings. The topological polar surface area (TPSA) is 67.9 Å². The Hall–Kier alpha value is -2.45. The molecular weight excluding hydrogens is 317 g/mol. The minimum Gasteiger partial charge on any atom is -0.495 e. The molecule has 0 unspecified atom stereocenters. The lowest BCUT2D eigenvalue weighted by molar-refractivity contribution is -0.153. The van der Waals surface area contributed by atoms with E-state index >= 15 is 0 Å². The van der Waals surface area contributed by atoms with Gasteiger partial charge >= 0.3 is 12.3 Å². The molecule has 0 radical (unpaired) electrons. The summed E-state index contributed by atoms with van der Waals surface area (Å²) in [6.07, 6.45) is -6.52. The van der Waals surface area contributed by atoms with Crippen molar-refractivity contribution in [3.8, 4) is 5.75 Å². The lowest BCUT2D eigenvalue weighted by atomic mass is 10.1. The maximum Gasteiger partial charge on any atom is 0.416 e. The van der Waals surface area contributed by atoms with E-state index in [9.17, 15) is 22.8 Å². The zero-order valence-electron chi connectivity index (χ0n) is 12.2. The number of hydrogen-bond acceptors (Lipinski definition) is 5. The second-order valence-electron chi connectivity index (χ2n) is 4.80. The maximum atomic E-state index is 13.2. The molecule has 0 saturated carbocycles. The van der Waals surface area contributed by atoms with Gasteiger partial charge in [-0.25, -0.2) is 9.69 Å². The summed E-state index contributed by atoms with van der Waals surface area (Å²) >= 11 is 0. The molecule has 9 heteroatoms. The van der Waals surface area contributed by atoms with Gasteiger partial charge in [-0.15, -0.1) is 0 Å². The second-order valence-corrected chi connectivity index (χ2v) is 4.80. The highest BCUT2D eigenvalue weighted by molar-refractivity contribution is 5.93. The van der Waals surface area contributed by atoms with E-state index in [1.807, 2.05) is 0 Å². The van der Waals surface area contributed by atoms with Crippen LogP contribution in [0.1, 0.15) is 6.42 Å². The summed E-state index contributed by atoms with van der Waals surface area (Å²) in [7, 11) is 1.33. The van der Waals surface area contributed by atoms with Gasteiger partial charge in [0, 0.05) is 0 Å². The van der Waals surface area contributed by atoms with Gasteiger partial charge in [0.05, 0.1) is 25.8 Å². The van der Waals surface area contributed by atoms with E-state index in [-0.39, 0.29) is 24.6 Å². The van der Waals surface area contributed by atoms with Crippen LogP contribution in [-0.2, 0) is 9.53 Å². The van der Waals surface area contributed by atoms with Crippen LogP contribution in [0, 0.1) is 0 Å². The largest absolute Gasteiger partial charge is 0.495 e. The summed E-state index contributed by atoms with van der Waals surface area (Å²) in [4.78, 5) is 23.8. The number of methoxy groups -OCH3 is 1. The number of para-hydroxylation sites is 2. The summed E-state index contributed by atoms with van der Waals surface area (Å²) in [5.41, 5.74) is 0.106. The SMILES string of the molecule is COc1ccccc1N[C@@H](CC(=O)N1CCOC1=O)C(F)(F)F. The predicted molar refractivity (Wildman–Crippen MR) is 74.1 cm³/mol. The molecule has 2 amide bonds. The average Bonchev–Trinajstić information content (AvgIpc) is 2.92. The maximum absolute atomic E-state index is 13.2. The zero-order chi connectivity index (χ0) is 17.0. The van der Waals surface area contributed by atoms with Gasteiger partial charge in [-0.1, -0.05) is 12.1 Å². The van der Waals surface area contributed by atoms with Crippen LogP contribution < -0.4 is 10.1 Å². The fraction of sp³-hybridized carbons (Fsp3) is 0.429. The summed E-state index contributed by atoms with van der Waals surface area (Å²) in [5.74, 6) is -0.730. The monoisotopic (exact) mass is 332 g/mol. The first kappa shape index (κ1) is 16.9. The van der Waals surface area contributed by atoms with Crippen molar-refractivity contribution < 1.29 is 32.2 Å². The Kier molecular flexibility index (Phi) is 4.97. The van der Waals surface area contributed by atoms with Crippen LogP contribution >= 0.6 is 0 Å². The van der Waals surface area contributed by atoms with Crippen LogP contribution in [0.2, 0.25) is 0 Å². The number of halogens is 3. The number of cyclic esters (lactones) is 1. The first-order valence-corrected chi connectivity index (χ1v) is 6.76. The number of hydrogen-bond donors (Lipinski definition) is 1. The van der Waals surface area contributed by atoms with Crippen molar-refractivity contribution in [2.24, 2.45) is 0 Å². The molecule has 1 fully saturated rings. The van der Waals surface area contributed by atoms with Gasteiger partial charge in [0.25, 0.3) is 0 Å². The Morgan fingerprint density at radius 1 is 1.43 bits per heavy atom. The van der Waals surface area contributed by atoms with Crippen LogP contribution in [0.4, 0.5) is 23.7 Å². The van der Waals surface area contributed by atoms with Crippen molar-refractivity contribution in [2.45, 2.75) is 18.6 Å². The number of anilines is 1. The minimum atomic E-state index is -4.68. The molecule has 0 aromatic heterocycles. The van der Waals surface area contributed by atoms with Crippen molar-refractivity contribution in [1.29, 1.82) is 0 Å². The second kappa shape index (κ2) is 6.76. The lowest BCUT2D eigenvalue weighted by Gasteiger charge is -2.24. The number of imide groups is 1. The van der Waals surface area contributed by atoms with Gasteiger partial charge in [-0.3, -0.25) is 4.79 Å². The average molecular weight is 332 g/mol. The third-order valence-corrected chi connectivity index (χ3v) is 3.27. The number of rotatable bonds is 5. The quantitative estimate of drug-likeness (QED) is 0.897. The van der Waals surface area contributed by atoms with Crippen LogP contribution in [0.15, 0.2) is 24.3 Å². The fourth-order valence-corrected chi connectivity index (χ4v) is 2.10. The molecule has 0 spiro atoms. The van der Waals surface area contributed by atoms with Crippen molar-refractivity contribution in [3.63, 3.8) is 0 Å². The van der Waals surface area contributed by atoms with Crippen LogP contribution in [0.3, 0.4) is 0 Å². The Balaban J connectivity index is 2.14. The van der Waals surface area contributed by atoms with Gasteiger partial charge in [-0.2, -0.15) is 13.2 Å². The summed E-state index contributed by atoms with van der Waals surface area (Å²) in [6.45, 7) is -0.0574. The number of alkyl halides is 3. The first-order chi connectivity index (χ1) is 10.8. The molecule has 1 heterocycles. The Labute approximate surface area is 130 Å². The molecule has 2 rings (SSSR count). The molecule has 0 bridgehead atoms. The lowest BCUT2D eigenvalue weighted by Crippen LogP contribution is -2.42. The third-order valence-electron chi connectivity index (χ3n) is 3.27. The Bertz CT molecular complexity index is 592. The summed E-state index contributed by atoms with van der Waals surface area (Å²) in [6, 6.07) is 3.90. The summed E-state index contributed by atoms with van der Waals surface area (Å²) in [5, 5.41) is 2.26. The van der Waals surface area contributed by atoms with Crippen molar-refractivity contribution in [2.75, 3.05) is 25.6 Å². The van der Waals surface area contributed by atoms with E-state index in [0.717, 1.165) is 0 Å². The van der Waals surface area contributed by atoms with Crippen molar-refractivity contribution in [1.82, 2.24) is 4.90 Å². The highest BCUT2D eigenvalue weighted by Gasteiger charge is 2.43. The number of carbonyl (C=O) groups is 2. The van der Waals surface area contributed by atoms with Gasteiger partial charge in [0.1, 0.15) is 18.4 Å². The molecule has 0 aliphatic carbocycles. The first-order valence-electron chi connectivity index (χ1n) is 6.76. The van der Waals surface area contributed by atoms with Gasteiger partial charge in [-0.05, 0) is 12.1 Å². The number of nitrogens with one attached hydrogen (secondary N) is 1. The summed E-state index contributed by atoms with van der Waals surface area (Å²) < 4.78 is 49.1. The van der Waals surface area contributed by atoms with E-state index in [2.05, 4.69) is 10.1 Å². The van der Waals surface area contributed by atoms with E-state index in [4.69, 9.17) is 4.74 Å². The van der Waals surface area contributed by atoms with Gasteiger partial charge in [0.15, 0.2) is 0 Å². The molecule has 1 aromatic carbocycles. The zero-order valence-corrected chi connectivity index (χ0v) is 12.2. The molecule has 1 saturated heterocycles. The van der Waals surface area contributed by atoms with E-state index in [0.29, 0.717) is 4.90 Å². The highest BCUT2D eigenvalue weighted by atomic mass is 19.4.